The molecule has 122 valence electrons. The Morgan fingerprint density at radius 1 is 1.17 bits per heavy atom. The third-order valence-corrected chi connectivity index (χ3v) is 4.59. The first-order valence-electron chi connectivity index (χ1n) is 7.58. The summed E-state index contributed by atoms with van der Waals surface area (Å²) in [5, 5.41) is 6.44. The van der Waals surface area contributed by atoms with Crippen LogP contribution in [0.15, 0.2) is 48.5 Å². The predicted molar refractivity (Wildman–Crippen MR) is 103 cm³/mol. The Kier molecular flexibility index (Phi) is 7.36. The molecule has 0 spiro atoms. The highest BCUT2D eigenvalue weighted by Crippen LogP contribution is 2.14. The minimum Gasteiger partial charge on any atom is -0.362 e. The monoisotopic (exact) mass is 348 g/mol. The van der Waals surface area contributed by atoms with Crippen molar-refractivity contribution in [3.8, 4) is 0 Å². The molecule has 0 amide bonds. The average molecular weight is 349 g/mol. The van der Waals surface area contributed by atoms with Gasteiger partial charge in [0.25, 0.3) is 0 Å². The summed E-state index contributed by atoms with van der Waals surface area (Å²) in [5.41, 5.74) is 3.06. The van der Waals surface area contributed by atoms with E-state index in [1.807, 2.05) is 11.8 Å². The summed E-state index contributed by atoms with van der Waals surface area (Å²) in [5.74, 6) is 1.79. The first-order valence-corrected chi connectivity index (χ1v) is 9.14. The van der Waals surface area contributed by atoms with E-state index < -0.39 is 0 Å². The summed E-state index contributed by atoms with van der Waals surface area (Å²) < 4.78 is 13.5. The van der Waals surface area contributed by atoms with E-state index in [0.717, 1.165) is 24.5 Å². The minimum absolute atomic E-state index is 0.301. The van der Waals surface area contributed by atoms with Crippen LogP contribution in [0.1, 0.15) is 17.5 Å². The number of anilines is 1. The molecule has 5 heteroatoms. The number of thiocarbonyl (C=S) groups is 1. The Balaban J connectivity index is 1.58. The van der Waals surface area contributed by atoms with Crippen molar-refractivity contribution in [1.82, 2.24) is 5.32 Å². The van der Waals surface area contributed by atoms with Gasteiger partial charge < -0.3 is 10.6 Å². The predicted octanol–water partition coefficient (Wildman–Crippen LogP) is 4.74. The van der Waals surface area contributed by atoms with Crippen LogP contribution in [0.5, 0.6) is 0 Å². The van der Waals surface area contributed by atoms with Crippen LogP contribution >= 0.6 is 24.0 Å². The van der Waals surface area contributed by atoms with E-state index in [-0.39, 0.29) is 5.82 Å². The largest absolute Gasteiger partial charge is 0.362 e. The summed E-state index contributed by atoms with van der Waals surface area (Å²) >= 11 is 7.08. The van der Waals surface area contributed by atoms with E-state index in [2.05, 4.69) is 41.8 Å². The smallest absolute Gasteiger partial charge is 0.170 e. The van der Waals surface area contributed by atoms with Crippen molar-refractivity contribution in [3.05, 3.63) is 65.5 Å². The molecule has 2 N–H and O–H groups in total. The van der Waals surface area contributed by atoms with Crippen LogP contribution < -0.4 is 10.6 Å². The molecule has 0 aliphatic rings. The molecule has 2 nitrogen and oxygen atoms in total. The fourth-order valence-corrected chi connectivity index (χ4v) is 3.22. The van der Waals surface area contributed by atoms with Crippen molar-refractivity contribution in [2.75, 3.05) is 17.6 Å². The molecule has 0 aromatic heterocycles. The summed E-state index contributed by atoms with van der Waals surface area (Å²) in [6.45, 7) is 2.89. The maximum Gasteiger partial charge on any atom is 0.170 e. The second-order valence-corrected chi connectivity index (χ2v) is 6.77. The van der Waals surface area contributed by atoms with Gasteiger partial charge in [-0.15, -0.1) is 0 Å². The van der Waals surface area contributed by atoms with Crippen molar-refractivity contribution >= 4 is 34.8 Å². The minimum atomic E-state index is -0.301. The third-order valence-electron chi connectivity index (χ3n) is 3.22. The molecule has 2 aromatic rings. The lowest BCUT2D eigenvalue weighted by Gasteiger charge is -2.11. The molecular formula is C18H21FN2S2. The van der Waals surface area contributed by atoms with Gasteiger partial charge in [0.2, 0.25) is 0 Å². The maximum atomic E-state index is 13.5. The van der Waals surface area contributed by atoms with Gasteiger partial charge in [0.1, 0.15) is 5.82 Å². The second kappa shape index (κ2) is 9.53. The van der Waals surface area contributed by atoms with E-state index in [1.54, 1.807) is 18.2 Å². The van der Waals surface area contributed by atoms with Gasteiger partial charge in [-0.1, -0.05) is 42.0 Å². The maximum absolute atomic E-state index is 13.5. The van der Waals surface area contributed by atoms with Crippen LogP contribution in [0.25, 0.3) is 0 Å². The fourth-order valence-electron chi connectivity index (χ4n) is 2.10. The van der Waals surface area contributed by atoms with Crippen LogP contribution in [0, 0.1) is 12.7 Å². The molecule has 0 unspecified atom stereocenters. The molecule has 2 rings (SSSR count). The molecule has 0 bridgehead atoms. The van der Waals surface area contributed by atoms with Crippen molar-refractivity contribution in [3.63, 3.8) is 0 Å². The summed E-state index contributed by atoms with van der Waals surface area (Å²) in [6.07, 6.45) is 1.01. The topological polar surface area (TPSA) is 24.1 Å². The lowest BCUT2D eigenvalue weighted by molar-refractivity contribution is 0.632. The molecule has 0 saturated carbocycles. The molecule has 0 saturated heterocycles. The Morgan fingerprint density at radius 3 is 2.78 bits per heavy atom. The van der Waals surface area contributed by atoms with Gasteiger partial charge in [0, 0.05) is 12.3 Å². The lowest BCUT2D eigenvalue weighted by atomic mass is 10.2. The highest BCUT2D eigenvalue weighted by molar-refractivity contribution is 7.98. The number of hydrogen-bond acceptors (Lipinski definition) is 2. The zero-order valence-corrected chi connectivity index (χ0v) is 14.8. The number of nitrogens with one attached hydrogen (secondary N) is 2. The lowest BCUT2D eigenvalue weighted by Crippen LogP contribution is -2.29. The fraction of sp³-hybridized carbons (Fsp3) is 0.278. The van der Waals surface area contributed by atoms with E-state index in [9.17, 15) is 4.39 Å². The molecule has 0 radical (unpaired) electrons. The Hall–Kier alpha value is -1.59. The molecule has 0 heterocycles. The quantitative estimate of drug-likeness (QED) is 0.557. The van der Waals surface area contributed by atoms with Crippen LogP contribution in [-0.2, 0) is 5.75 Å². The molecular weight excluding hydrogens is 327 g/mol. The van der Waals surface area contributed by atoms with Gasteiger partial charge in [-0.25, -0.2) is 4.39 Å². The van der Waals surface area contributed by atoms with Gasteiger partial charge in [-0.05, 0) is 49.0 Å². The average Bonchev–Trinajstić information content (AvgIpc) is 2.53. The highest BCUT2D eigenvalue weighted by Gasteiger charge is 2.02. The number of rotatable bonds is 7. The number of benzene rings is 2. The van der Waals surface area contributed by atoms with Crippen LogP contribution in [0.2, 0.25) is 0 Å². The first kappa shape index (κ1) is 17.8. The molecule has 0 aliphatic heterocycles. The molecule has 0 atom stereocenters. The van der Waals surface area contributed by atoms with Crippen LogP contribution in [-0.4, -0.2) is 17.4 Å². The van der Waals surface area contributed by atoms with Gasteiger partial charge in [0.05, 0.1) is 5.69 Å². The SMILES string of the molecule is Cc1cccc(CSCCCNC(=S)Nc2ccccc2F)c1. The van der Waals surface area contributed by atoms with E-state index in [0.29, 0.717) is 10.8 Å². The van der Waals surface area contributed by atoms with Crippen LogP contribution in [0.3, 0.4) is 0 Å². The van der Waals surface area contributed by atoms with E-state index in [1.165, 1.54) is 17.2 Å². The highest BCUT2D eigenvalue weighted by atomic mass is 32.2. The summed E-state index contributed by atoms with van der Waals surface area (Å²) in [4.78, 5) is 0. The normalized spacial score (nSPS) is 10.3. The van der Waals surface area contributed by atoms with Crippen molar-refractivity contribution < 1.29 is 4.39 Å². The van der Waals surface area contributed by atoms with E-state index in [4.69, 9.17) is 12.2 Å². The summed E-state index contributed by atoms with van der Waals surface area (Å²) in [7, 11) is 0. The standard InChI is InChI=1S/C18H21FN2S2/c1-14-6-4-7-15(12-14)13-23-11-5-10-20-18(22)21-17-9-3-2-8-16(17)19/h2-4,6-9,12H,5,10-11,13H2,1H3,(H2,20,21,22). The zero-order chi connectivity index (χ0) is 16.5. The van der Waals surface area contributed by atoms with Crippen molar-refractivity contribution in [2.45, 2.75) is 19.1 Å². The number of hydrogen-bond donors (Lipinski definition) is 2. The molecule has 23 heavy (non-hydrogen) atoms. The van der Waals surface area contributed by atoms with Gasteiger partial charge in [-0.3, -0.25) is 0 Å². The van der Waals surface area contributed by atoms with Gasteiger partial charge in [-0.2, -0.15) is 11.8 Å². The van der Waals surface area contributed by atoms with Gasteiger partial charge >= 0.3 is 0 Å². The Morgan fingerprint density at radius 2 is 2.00 bits per heavy atom. The molecule has 0 fully saturated rings. The Bertz CT molecular complexity index is 646. The molecule has 0 aliphatic carbocycles. The number of halogens is 1. The third kappa shape index (κ3) is 6.59. The van der Waals surface area contributed by atoms with E-state index >= 15 is 0 Å². The zero-order valence-electron chi connectivity index (χ0n) is 13.1. The molecule has 2 aromatic carbocycles. The summed E-state index contributed by atoms with van der Waals surface area (Å²) in [6, 6.07) is 15.1. The van der Waals surface area contributed by atoms with Crippen LogP contribution in [0.4, 0.5) is 10.1 Å². The number of thioether (sulfide) groups is 1. The second-order valence-electron chi connectivity index (χ2n) is 5.26. The van der Waals surface area contributed by atoms with Crippen molar-refractivity contribution in [1.29, 1.82) is 0 Å². The van der Waals surface area contributed by atoms with Gasteiger partial charge in [0.15, 0.2) is 5.11 Å². The number of aryl methyl sites for hydroxylation is 1. The number of para-hydroxylation sites is 1. The Labute approximate surface area is 146 Å². The first-order chi connectivity index (χ1) is 11.1. The van der Waals surface area contributed by atoms with Crippen molar-refractivity contribution in [2.24, 2.45) is 0 Å².